The minimum atomic E-state index is 0.0920. The van der Waals surface area contributed by atoms with Gasteiger partial charge in [0.25, 0.3) is 0 Å². The third-order valence-electron chi connectivity index (χ3n) is 6.57. The van der Waals surface area contributed by atoms with Gasteiger partial charge in [0, 0.05) is 17.2 Å². The third kappa shape index (κ3) is 7.18. The van der Waals surface area contributed by atoms with Crippen molar-refractivity contribution in [2.75, 3.05) is 6.61 Å². The van der Waals surface area contributed by atoms with E-state index >= 15 is 0 Å². The van der Waals surface area contributed by atoms with E-state index in [1.807, 2.05) is 12.1 Å². The Hall–Kier alpha value is -3.73. The summed E-state index contributed by atoms with van der Waals surface area (Å²) in [5.74, 6) is 2.34. The summed E-state index contributed by atoms with van der Waals surface area (Å²) >= 11 is 0. The van der Waals surface area contributed by atoms with E-state index in [1.54, 1.807) is 6.07 Å². The summed E-state index contributed by atoms with van der Waals surface area (Å²) in [7, 11) is 0. The van der Waals surface area contributed by atoms with Crippen molar-refractivity contribution >= 4 is 0 Å². The molecule has 0 aliphatic heterocycles. The molecule has 3 aromatic carbocycles. The first-order valence-corrected chi connectivity index (χ1v) is 13.7. The van der Waals surface area contributed by atoms with Gasteiger partial charge < -0.3 is 9.84 Å². The van der Waals surface area contributed by atoms with Crippen molar-refractivity contribution in [1.29, 1.82) is 0 Å². The molecular weight excluding hydrogens is 470 g/mol. The molecule has 1 heterocycles. The number of unbranched alkanes of at least 4 members (excludes halogenated alkanes) is 5. The largest absolute Gasteiger partial charge is 0.507 e. The zero-order chi connectivity index (χ0) is 27.1. The SMILES string of the molecule is CCCCCCCCOc1ccc(-c2nc(-c3cc(C)cc(C)c3)nc(-c3cc(C)cc(C)c3)n2)c(O)c1. The first-order chi connectivity index (χ1) is 18.3. The molecule has 5 heteroatoms. The van der Waals surface area contributed by atoms with Gasteiger partial charge in [0.15, 0.2) is 17.5 Å². The zero-order valence-electron chi connectivity index (χ0n) is 23.3. The number of phenols is 1. The highest BCUT2D eigenvalue weighted by Crippen LogP contribution is 2.33. The van der Waals surface area contributed by atoms with E-state index in [-0.39, 0.29) is 5.75 Å². The van der Waals surface area contributed by atoms with Gasteiger partial charge in [0.05, 0.1) is 12.2 Å². The van der Waals surface area contributed by atoms with E-state index in [0.29, 0.717) is 35.4 Å². The average Bonchev–Trinajstić information content (AvgIpc) is 2.87. The summed E-state index contributed by atoms with van der Waals surface area (Å²) in [5.41, 5.74) is 6.98. The normalized spacial score (nSPS) is 11.1. The quantitative estimate of drug-likeness (QED) is 0.205. The predicted molar refractivity (Wildman–Crippen MR) is 156 cm³/mol. The number of aromatic hydroxyl groups is 1. The maximum absolute atomic E-state index is 11.0. The van der Waals surface area contributed by atoms with Crippen molar-refractivity contribution in [1.82, 2.24) is 15.0 Å². The fourth-order valence-electron chi connectivity index (χ4n) is 4.82. The fourth-order valence-corrected chi connectivity index (χ4v) is 4.82. The number of aryl methyl sites for hydroxylation is 4. The van der Waals surface area contributed by atoms with E-state index < -0.39 is 0 Å². The molecule has 0 atom stereocenters. The van der Waals surface area contributed by atoms with Crippen LogP contribution in [0.3, 0.4) is 0 Å². The summed E-state index contributed by atoms with van der Waals surface area (Å²) in [6.45, 7) is 11.1. The Morgan fingerprint density at radius 3 is 1.63 bits per heavy atom. The van der Waals surface area contributed by atoms with E-state index in [0.717, 1.165) is 46.2 Å². The highest BCUT2D eigenvalue weighted by Gasteiger charge is 2.16. The fraction of sp³-hybridized carbons (Fsp3) is 0.364. The second-order valence-corrected chi connectivity index (χ2v) is 10.4. The smallest absolute Gasteiger partial charge is 0.167 e. The van der Waals surface area contributed by atoms with Gasteiger partial charge in [-0.25, -0.2) is 15.0 Å². The van der Waals surface area contributed by atoms with Gasteiger partial charge in [-0.1, -0.05) is 73.4 Å². The van der Waals surface area contributed by atoms with Crippen LogP contribution in [0.4, 0.5) is 0 Å². The Kier molecular flexibility index (Phi) is 9.11. The molecule has 38 heavy (non-hydrogen) atoms. The van der Waals surface area contributed by atoms with Crippen LogP contribution in [0.2, 0.25) is 0 Å². The standard InChI is InChI=1S/C33H39N3O2/c1-6-7-8-9-10-11-14-38-28-12-13-29(30(37)21-28)33-35-31(26-17-22(2)15-23(3)18-26)34-32(36-33)27-19-24(4)16-25(5)20-27/h12-13,15-21,37H,6-11,14H2,1-5H3. The van der Waals surface area contributed by atoms with Gasteiger partial charge in [-0.3, -0.25) is 0 Å². The molecule has 1 N–H and O–H groups in total. The Bertz CT molecular complexity index is 1290. The van der Waals surface area contributed by atoms with Gasteiger partial charge in [0.1, 0.15) is 11.5 Å². The molecule has 0 spiro atoms. The van der Waals surface area contributed by atoms with E-state index in [4.69, 9.17) is 19.7 Å². The lowest BCUT2D eigenvalue weighted by Gasteiger charge is -2.12. The molecule has 0 aliphatic carbocycles. The number of rotatable bonds is 11. The van der Waals surface area contributed by atoms with E-state index in [1.165, 1.54) is 25.7 Å². The first kappa shape index (κ1) is 27.3. The van der Waals surface area contributed by atoms with Crippen molar-refractivity contribution in [2.45, 2.75) is 73.1 Å². The lowest BCUT2D eigenvalue weighted by Crippen LogP contribution is -2.02. The Balaban J connectivity index is 1.65. The van der Waals surface area contributed by atoms with E-state index in [9.17, 15) is 5.11 Å². The second-order valence-electron chi connectivity index (χ2n) is 10.4. The van der Waals surface area contributed by atoms with Gasteiger partial charge in [-0.05, 0) is 70.5 Å². The molecule has 5 nitrogen and oxygen atoms in total. The van der Waals surface area contributed by atoms with Crippen molar-refractivity contribution in [2.24, 2.45) is 0 Å². The van der Waals surface area contributed by atoms with E-state index in [2.05, 4.69) is 71.0 Å². The van der Waals surface area contributed by atoms with Crippen LogP contribution in [0, 0.1) is 27.7 Å². The number of benzene rings is 3. The summed E-state index contributed by atoms with van der Waals surface area (Å²) in [4.78, 5) is 14.5. The maximum atomic E-state index is 11.0. The van der Waals surface area contributed by atoms with Crippen LogP contribution in [0.5, 0.6) is 11.5 Å². The number of aromatic nitrogens is 3. The number of nitrogens with zero attached hydrogens (tertiary/aromatic N) is 3. The number of phenolic OH excluding ortho intramolecular Hbond substituents is 1. The van der Waals surface area contributed by atoms with Gasteiger partial charge in [-0.2, -0.15) is 0 Å². The van der Waals surface area contributed by atoms with Gasteiger partial charge in [-0.15, -0.1) is 0 Å². The molecule has 0 amide bonds. The zero-order valence-corrected chi connectivity index (χ0v) is 23.3. The molecule has 0 fully saturated rings. The molecule has 1 aromatic heterocycles. The number of hydrogen-bond acceptors (Lipinski definition) is 5. The van der Waals surface area contributed by atoms with Crippen LogP contribution in [0.25, 0.3) is 34.2 Å². The minimum absolute atomic E-state index is 0.0920. The summed E-state index contributed by atoms with van der Waals surface area (Å²) in [6.07, 6.45) is 7.25. The summed E-state index contributed by atoms with van der Waals surface area (Å²) < 4.78 is 5.91. The maximum Gasteiger partial charge on any atom is 0.167 e. The molecule has 0 saturated heterocycles. The molecule has 198 valence electrons. The number of hydrogen-bond donors (Lipinski definition) is 1. The monoisotopic (exact) mass is 509 g/mol. The lowest BCUT2D eigenvalue weighted by atomic mass is 10.1. The van der Waals surface area contributed by atoms with Crippen LogP contribution >= 0.6 is 0 Å². The highest BCUT2D eigenvalue weighted by atomic mass is 16.5. The molecule has 4 aromatic rings. The molecule has 0 radical (unpaired) electrons. The molecule has 0 unspecified atom stereocenters. The topological polar surface area (TPSA) is 68.1 Å². The highest BCUT2D eigenvalue weighted by molar-refractivity contribution is 5.71. The minimum Gasteiger partial charge on any atom is -0.507 e. The third-order valence-corrected chi connectivity index (χ3v) is 6.57. The van der Waals surface area contributed by atoms with Crippen LogP contribution < -0.4 is 4.74 Å². The lowest BCUT2D eigenvalue weighted by molar-refractivity contribution is 0.303. The van der Waals surface area contributed by atoms with Crippen molar-refractivity contribution in [3.63, 3.8) is 0 Å². The second kappa shape index (κ2) is 12.7. The van der Waals surface area contributed by atoms with Crippen LogP contribution in [-0.2, 0) is 0 Å². The Morgan fingerprint density at radius 1 is 0.605 bits per heavy atom. The van der Waals surface area contributed by atoms with Gasteiger partial charge in [0.2, 0.25) is 0 Å². The van der Waals surface area contributed by atoms with Crippen LogP contribution in [0.15, 0.2) is 54.6 Å². The van der Waals surface area contributed by atoms with Gasteiger partial charge >= 0.3 is 0 Å². The van der Waals surface area contributed by atoms with Crippen LogP contribution in [0.1, 0.15) is 67.7 Å². The molecule has 0 saturated carbocycles. The van der Waals surface area contributed by atoms with Crippen molar-refractivity contribution < 1.29 is 9.84 Å². The molecular formula is C33H39N3O2. The molecule has 0 bridgehead atoms. The van der Waals surface area contributed by atoms with Crippen molar-refractivity contribution in [3.05, 3.63) is 76.9 Å². The average molecular weight is 510 g/mol. The molecule has 0 aliphatic rings. The Morgan fingerprint density at radius 2 is 1.11 bits per heavy atom. The van der Waals surface area contributed by atoms with Crippen molar-refractivity contribution in [3.8, 4) is 45.7 Å². The summed E-state index contributed by atoms with van der Waals surface area (Å²) in [5, 5.41) is 11.0. The Labute approximate surface area is 227 Å². The summed E-state index contributed by atoms with van der Waals surface area (Å²) in [6, 6.07) is 17.9. The van der Waals surface area contributed by atoms with Crippen LogP contribution in [-0.4, -0.2) is 26.7 Å². The number of ether oxygens (including phenoxy) is 1. The predicted octanol–water partition coefficient (Wildman–Crippen LogP) is 8.55. The first-order valence-electron chi connectivity index (χ1n) is 13.7. The molecule has 4 rings (SSSR count).